The molecule has 0 aliphatic rings. The van der Waals surface area contributed by atoms with E-state index < -0.39 is 0 Å². The molecular weight excluding hydrogens is 517 g/mol. The van der Waals surface area contributed by atoms with Crippen molar-refractivity contribution in [1.82, 2.24) is 30.7 Å². The van der Waals surface area contributed by atoms with E-state index >= 15 is 0 Å². The zero-order chi connectivity index (χ0) is 22.1. The number of benzene rings is 2. The number of aliphatic imine (C=N–C) groups is 1. The van der Waals surface area contributed by atoms with E-state index in [0.717, 1.165) is 41.4 Å². The summed E-state index contributed by atoms with van der Waals surface area (Å²) in [6.45, 7) is 4.07. The van der Waals surface area contributed by atoms with E-state index in [0.29, 0.717) is 18.7 Å². The van der Waals surface area contributed by atoms with Gasteiger partial charge in [0.2, 0.25) is 0 Å². The van der Waals surface area contributed by atoms with Crippen molar-refractivity contribution in [3.05, 3.63) is 71.5 Å². The topological polar surface area (TPSA) is 98.3 Å². The number of aromatic nitrogens is 3. The average Bonchev–Trinajstić information content (AvgIpc) is 3.32. The van der Waals surface area contributed by atoms with Crippen LogP contribution in [0.5, 0.6) is 0 Å². The van der Waals surface area contributed by atoms with Crippen molar-refractivity contribution < 1.29 is 4.79 Å². The maximum atomic E-state index is 12.2. The lowest BCUT2D eigenvalue weighted by atomic mass is 10.1. The normalized spacial score (nSPS) is 10.9. The highest BCUT2D eigenvalue weighted by Gasteiger charge is 2.08. The number of amides is 1. The molecule has 0 aliphatic carbocycles. The van der Waals surface area contributed by atoms with Crippen LogP contribution in [0, 0.1) is 0 Å². The van der Waals surface area contributed by atoms with Gasteiger partial charge in [-0.25, -0.2) is 9.98 Å². The predicted octanol–water partition coefficient (Wildman–Crippen LogP) is 3.09. The monoisotopic (exact) mass is 547 g/mol. The zero-order valence-corrected chi connectivity index (χ0v) is 21.0. The Labute approximate surface area is 206 Å². The molecule has 2 aromatic carbocycles. The van der Waals surface area contributed by atoms with E-state index in [1.54, 1.807) is 19.0 Å². The van der Waals surface area contributed by atoms with Gasteiger partial charge in [-0.3, -0.25) is 9.89 Å². The Morgan fingerprint density at radius 1 is 1.09 bits per heavy atom. The molecular formula is C23H30IN7O. The van der Waals surface area contributed by atoms with Gasteiger partial charge in [-0.1, -0.05) is 30.3 Å². The summed E-state index contributed by atoms with van der Waals surface area (Å²) in [4.78, 5) is 22.6. The first-order valence-electron chi connectivity index (χ1n) is 10.3. The second-order valence-electron chi connectivity index (χ2n) is 7.31. The Balaban J connectivity index is 0.00000363. The minimum absolute atomic E-state index is 0. The largest absolute Gasteiger partial charge is 0.357 e. The number of rotatable bonds is 8. The number of nitrogens with one attached hydrogen (secondary N) is 3. The molecule has 3 N–H and O–H groups in total. The molecule has 0 atom stereocenters. The van der Waals surface area contributed by atoms with Gasteiger partial charge in [-0.15, -0.1) is 24.0 Å². The molecule has 0 saturated carbocycles. The third kappa shape index (κ3) is 7.33. The first kappa shape index (κ1) is 25.3. The lowest BCUT2D eigenvalue weighted by Gasteiger charge is -2.13. The number of H-pyrrole nitrogens is 1. The molecule has 3 rings (SSSR count). The second-order valence-corrected chi connectivity index (χ2v) is 7.31. The number of aromatic amines is 1. The molecule has 0 unspecified atom stereocenters. The number of halogens is 1. The van der Waals surface area contributed by atoms with Crippen molar-refractivity contribution in [3.63, 3.8) is 0 Å². The highest BCUT2D eigenvalue weighted by Crippen LogP contribution is 2.16. The SMILES string of the molecule is CCNC(=NCc1cccc(-c2ncn[nH]2)c1)NCCc1cccc(C(=O)N(C)C)c1.I. The number of guanidine groups is 1. The van der Waals surface area contributed by atoms with Gasteiger partial charge in [-0.05, 0) is 42.7 Å². The Bertz CT molecular complexity index is 1020. The molecule has 9 heteroatoms. The van der Waals surface area contributed by atoms with Crippen LogP contribution in [0.1, 0.15) is 28.4 Å². The minimum Gasteiger partial charge on any atom is -0.357 e. The number of carbonyl (C=O) groups excluding carboxylic acids is 1. The fourth-order valence-corrected chi connectivity index (χ4v) is 3.12. The lowest BCUT2D eigenvalue weighted by molar-refractivity contribution is 0.0827. The van der Waals surface area contributed by atoms with E-state index in [1.807, 2.05) is 49.4 Å². The van der Waals surface area contributed by atoms with Crippen LogP contribution in [0.4, 0.5) is 0 Å². The van der Waals surface area contributed by atoms with Crippen molar-refractivity contribution in [2.45, 2.75) is 19.9 Å². The van der Waals surface area contributed by atoms with Crippen LogP contribution in [0.25, 0.3) is 11.4 Å². The second kappa shape index (κ2) is 12.8. The Morgan fingerprint density at radius 2 is 1.88 bits per heavy atom. The van der Waals surface area contributed by atoms with Gasteiger partial charge in [0.25, 0.3) is 5.91 Å². The standard InChI is InChI=1S/C23H29N7O.HI/c1-4-24-23(25-12-11-17-7-5-10-20(13-17)22(31)30(2)3)26-15-18-8-6-9-19(14-18)21-27-16-28-29-21;/h5-10,13-14,16H,4,11-12,15H2,1-3H3,(H2,24,25,26)(H,27,28,29);1H. The van der Waals surface area contributed by atoms with Gasteiger partial charge in [-0.2, -0.15) is 5.10 Å². The highest BCUT2D eigenvalue weighted by atomic mass is 127. The summed E-state index contributed by atoms with van der Waals surface area (Å²) in [6.07, 6.45) is 2.29. The van der Waals surface area contributed by atoms with E-state index in [2.05, 4.69) is 31.9 Å². The quantitative estimate of drug-likeness (QED) is 0.229. The van der Waals surface area contributed by atoms with Crippen LogP contribution in [0.3, 0.4) is 0 Å². The van der Waals surface area contributed by atoms with E-state index in [4.69, 9.17) is 4.99 Å². The minimum atomic E-state index is 0. The summed E-state index contributed by atoms with van der Waals surface area (Å²) in [7, 11) is 3.52. The third-order valence-corrected chi connectivity index (χ3v) is 4.67. The van der Waals surface area contributed by atoms with Gasteiger partial charge in [0, 0.05) is 38.3 Å². The van der Waals surface area contributed by atoms with Gasteiger partial charge in [0.1, 0.15) is 6.33 Å². The molecule has 1 aromatic heterocycles. The van der Waals surface area contributed by atoms with Crippen LogP contribution >= 0.6 is 24.0 Å². The summed E-state index contributed by atoms with van der Waals surface area (Å²) >= 11 is 0. The molecule has 0 fully saturated rings. The first-order chi connectivity index (χ1) is 15.1. The Kier molecular flexibility index (Phi) is 10.1. The number of nitrogens with zero attached hydrogens (tertiary/aromatic N) is 4. The van der Waals surface area contributed by atoms with Crippen molar-refractivity contribution in [1.29, 1.82) is 0 Å². The summed E-state index contributed by atoms with van der Waals surface area (Å²) in [5.41, 5.74) is 3.88. The maximum Gasteiger partial charge on any atom is 0.253 e. The van der Waals surface area contributed by atoms with Gasteiger partial charge >= 0.3 is 0 Å². The number of hydrogen-bond acceptors (Lipinski definition) is 4. The van der Waals surface area contributed by atoms with E-state index in [-0.39, 0.29) is 29.9 Å². The zero-order valence-electron chi connectivity index (χ0n) is 18.6. The molecule has 3 aromatic rings. The predicted molar refractivity (Wildman–Crippen MR) is 138 cm³/mol. The van der Waals surface area contributed by atoms with Gasteiger partial charge in [0.15, 0.2) is 11.8 Å². The molecule has 0 bridgehead atoms. The number of hydrogen-bond donors (Lipinski definition) is 3. The molecule has 170 valence electrons. The highest BCUT2D eigenvalue weighted by molar-refractivity contribution is 14.0. The average molecular weight is 547 g/mol. The van der Waals surface area contributed by atoms with Crippen LogP contribution in [0.2, 0.25) is 0 Å². The molecule has 0 radical (unpaired) electrons. The Hall–Kier alpha value is -2.95. The van der Waals surface area contributed by atoms with Crippen molar-refractivity contribution >= 4 is 35.8 Å². The van der Waals surface area contributed by atoms with Crippen LogP contribution in [0.15, 0.2) is 59.9 Å². The van der Waals surface area contributed by atoms with Crippen LogP contribution in [-0.4, -0.2) is 59.1 Å². The fraction of sp³-hybridized carbons (Fsp3) is 0.304. The summed E-state index contributed by atoms with van der Waals surface area (Å²) in [6, 6.07) is 15.8. The molecule has 1 amide bonds. The molecule has 32 heavy (non-hydrogen) atoms. The van der Waals surface area contributed by atoms with Crippen LogP contribution < -0.4 is 10.6 Å². The van der Waals surface area contributed by atoms with Gasteiger partial charge < -0.3 is 15.5 Å². The van der Waals surface area contributed by atoms with Crippen molar-refractivity contribution in [2.75, 3.05) is 27.2 Å². The molecule has 8 nitrogen and oxygen atoms in total. The summed E-state index contributed by atoms with van der Waals surface area (Å²) in [5, 5.41) is 13.4. The molecule has 1 heterocycles. The smallest absolute Gasteiger partial charge is 0.253 e. The van der Waals surface area contributed by atoms with Crippen molar-refractivity contribution in [3.8, 4) is 11.4 Å². The maximum absolute atomic E-state index is 12.2. The van der Waals surface area contributed by atoms with E-state index in [1.165, 1.54) is 6.33 Å². The fourth-order valence-electron chi connectivity index (χ4n) is 3.12. The molecule has 0 saturated heterocycles. The van der Waals surface area contributed by atoms with Crippen molar-refractivity contribution in [2.24, 2.45) is 4.99 Å². The van der Waals surface area contributed by atoms with Crippen LogP contribution in [-0.2, 0) is 13.0 Å². The Morgan fingerprint density at radius 3 is 2.59 bits per heavy atom. The first-order valence-corrected chi connectivity index (χ1v) is 10.3. The third-order valence-electron chi connectivity index (χ3n) is 4.67. The summed E-state index contributed by atoms with van der Waals surface area (Å²) < 4.78 is 0. The molecule has 0 aliphatic heterocycles. The summed E-state index contributed by atoms with van der Waals surface area (Å²) in [5.74, 6) is 1.51. The van der Waals surface area contributed by atoms with Gasteiger partial charge in [0.05, 0.1) is 6.54 Å². The molecule has 0 spiro atoms. The number of carbonyl (C=O) groups is 1. The lowest BCUT2D eigenvalue weighted by Crippen LogP contribution is -2.38. The van der Waals surface area contributed by atoms with E-state index in [9.17, 15) is 4.79 Å².